The van der Waals surface area contributed by atoms with Crippen molar-refractivity contribution in [3.05, 3.63) is 0 Å². The van der Waals surface area contributed by atoms with E-state index in [-0.39, 0.29) is 18.6 Å². The van der Waals surface area contributed by atoms with Gasteiger partial charge < -0.3 is 21.1 Å². The zero-order chi connectivity index (χ0) is 19.4. The van der Waals surface area contributed by atoms with Crippen molar-refractivity contribution in [3.8, 4) is 0 Å². The van der Waals surface area contributed by atoms with Crippen LogP contribution >= 0.6 is 0 Å². The first-order valence-corrected chi connectivity index (χ1v) is 8.54. The van der Waals surface area contributed by atoms with E-state index < -0.39 is 41.4 Å². The Morgan fingerprint density at radius 2 is 1.84 bits per heavy atom. The number of primary amides is 1. The van der Waals surface area contributed by atoms with Crippen LogP contribution in [0.1, 0.15) is 53.4 Å². The monoisotopic (exact) mass is 355 g/mol. The van der Waals surface area contributed by atoms with Crippen LogP contribution in [0, 0.1) is 5.41 Å². The molecule has 4 N–H and O–H groups in total. The molecular weight excluding hydrogens is 326 g/mol. The Hall–Kier alpha value is -1.96. The van der Waals surface area contributed by atoms with Crippen LogP contribution in [-0.4, -0.2) is 53.2 Å². The summed E-state index contributed by atoms with van der Waals surface area (Å²) < 4.78 is 5.11. The molecule has 0 spiro atoms. The molecule has 0 saturated carbocycles. The molecule has 1 aliphatic rings. The first kappa shape index (κ1) is 21.1. The molecule has 25 heavy (non-hydrogen) atoms. The molecule has 0 bridgehead atoms. The smallest absolute Gasteiger partial charge is 0.323 e. The molecular formula is C17H29N3O5. The Bertz CT molecular complexity index is 541. The third kappa shape index (κ3) is 5.81. The van der Waals surface area contributed by atoms with Crippen LogP contribution in [0.4, 0.5) is 0 Å². The molecule has 3 atom stereocenters. The van der Waals surface area contributed by atoms with E-state index in [2.05, 4.69) is 0 Å². The largest absolute Gasteiger partial charge is 0.451 e. The van der Waals surface area contributed by atoms with Crippen molar-refractivity contribution in [2.24, 2.45) is 16.9 Å². The molecule has 0 aliphatic carbocycles. The van der Waals surface area contributed by atoms with E-state index in [1.54, 1.807) is 0 Å². The van der Waals surface area contributed by atoms with Gasteiger partial charge in [0.15, 0.2) is 11.9 Å². The third-order valence-electron chi connectivity index (χ3n) is 4.22. The summed E-state index contributed by atoms with van der Waals surface area (Å²) >= 11 is 0. The quantitative estimate of drug-likeness (QED) is 0.623. The van der Waals surface area contributed by atoms with Gasteiger partial charge in [0.05, 0.1) is 6.04 Å². The lowest BCUT2D eigenvalue weighted by Crippen LogP contribution is -2.49. The summed E-state index contributed by atoms with van der Waals surface area (Å²) in [5.41, 5.74) is 10.1. The van der Waals surface area contributed by atoms with Crippen molar-refractivity contribution < 1.29 is 23.9 Å². The van der Waals surface area contributed by atoms with Gasteiger partial charge in [-0.1, -0.05) is 20.8 Å². The number of esters is 1. The van der Waals surface area contributed by atoms with Crippen LogP contribution in [0.25, 0.3) is 0 Å². The minimum atomic E-state index is -1.04. The topological polar surface area (TPSA) is 133 Å². The van der Waals surface area contributed by atoms with Gasteiger partial charge in [0.2, 0.25) is 5.91 Å². The van der Waals surface area contributed by atoms with Crippen molar-refractivity contribution in [1.82, 2.24) is 4.90 Å². The van der Waals surface area contributed by atoms with Crippen molar-refractivity contribution in [2.75, 3.05) is 6.54 Å². The Morgan fingerprint density at radius 1 is 1.24 bits per heavy atom. The highest BCUT2D eigenvalue weighted by Gasteiger charge is 2.40. The maximum atomic E-state index is 12.6. The van der Waals surface area contributed by atoms with E-state index in [9.17, 15) is 19.2 Å². The van der Waals surface area contributed by atoms with Crippen LogP contribution in [0.3, 0.4) is 0 Å². The molecule has 1 heterocycles. The highest BCUT2D eigenvalue weighted by atomic mass is 16.5. The molecule has 1 rings (SSSR count). The summed E-state index contributed by atoms with van der Waals surface area (Å²) in [5.74, 6) is -1.74. The summed E-state index contributed by atoms with van der Waals surface area (Å²) in [7, 11) is 0. The molecule has 0 aromatic carbocycles. The fraction of sp³-hybridized carbons (Fsp3) is 0.765. The number of ether oxygens (including phenoxy) is 1. The van der Waals surface area contributed by atoms with Crippen molar-refractivity contribution in [1.29, 1.82) is 0 Å². The van der Waals surface area contributed by atoms with Crippen LogP contribution in [0.2, 0.25) is 0 Å². The van der Waals surface area contributed by atoms with E-state index in [0.29, 0.717) is 13.0 Å². The molecule has 1 aliphatic heterocycles. The molecule has 0 radical (unpaired) electrons. The molecule has 0 aromatic rings. The fourth-order valence-electron chi connectivity index (χ4n) is 2.76. The number of Topliss-reactive ketones (excluding diaryl/α,β-unsaturated/α-hetero) is 1. The standard InChI is InChI=1S/C17H29N3O5/c1-10(25-16(24)11(18)7-8-13(19)21)15(23)20-9-5-6-12(20)14(22)17(2,3)4/h10-12H,5-9,18H2,1-4H3,(H2,19,21). The lowest BCUT2D eigenvalue weighted by atomic mass is 9.85. The molecule has 0 aromatic heterocycles. The fourth-order valence-corrected chi connectivity index (χ4v) is 2.76. The second-order valence-corrected chi connectivity index (χ2v) is 7.49. The Morgan fingerprint density at radius 3 is 2.36 bits per heavy atom. The number of amides is 2. The predicted molar refractivity (Wildman–Crippen MR) is 91.2 cm³/mol. The lowest BCUT2D eigenvalue weighted by Gasteiger charge is -2.30. The van der Waals surface area contributed by atoms with E-state index in [4.69, 9.17) is 16.2 Å². The lowest BCUT2D eigenvalue weighted by molar-refractivity contribution is -0.161. The number of carbonyl (C=O) groups is 4. The second-order valence-electron chi connectivity index (χ2n) is 7.49. The van der Waals surface area contributed by atoms with Crippen molar-refractivity contribution in [2.45, 2.75) is 71.6 Å². The van der Waals surface area contributed by atoms with Crippen LogP contribution in [0.5, 0.6) is 0 Å². The number of carbonyl (C=O) groups excluding carboxylic acids is 4. The molecule has 1 fully saturated rings. The summed E-state index contributed by atoms with van der Waals surface area (Å²) in [6.45, 7) is 7.37. The van der Waals surface area contributed by atoms with E-state index in [1.807, 2.05) is 20.8 Å². The van der Waals surface area contributed by atoms with Crippen LogP contribution in [-0.2, 0) is 23.9 Å². The molecule has 8 heteroatoms. The minimum Gasteiger partial charge on any atom is -0.451 e. The van der Waals surface area contributed by atoms with Gasteiger partial charge in [0.1, 0.15) is 6.04 Å². The first-order chi connectivity index (χ1) is 11.4. The zero-order valence-corrected chi connectivity index (χ0v) is 15.4. The van der Waals surface area contributed by atoms with E-state index in [0.717, 1.165) is 6.42 Å². The van der Waals surface area contributed by atoms with Crippen molar-refractivity contribution in [3.63, 3.8) is 0 Å². The van der Waals surface area contributed by atoms with Crippen LogP contribution < -0.4 is 11.5 Å². The van der Waals surface area contributed by atoms with Gasteiger partial charge in [-0.25, -0.2) is 0 Å². The summed E-state index contributed by atoms with van der Waals surface area (Å²) in [5, 5.41) is 0. The second kappa shape index (κ2) is 8.42. The number of ketones is 1. The number of nitrogens with zero attached hydrogens (tertiary/aromatic N) is 1. The van der Waals surface area contributed by atoms with Gasteiger partial charge in [-0.05, 0) is 26.2 Å². The number of hydrogen-bond acceptors (Lipinski definition) is 6. The average Bonchev–Trinajstić information content (AvgIpc) is 2.98. The molecule has 142 valence electrons. The van der Waals surface area contributed by atoms with Gasteiger partial charge >= 0.3 is 5.97 Å². The molecule has 2 amide bonds. The SMILES string of the molecule is CC(OC(=O)C(N)CCC(N)=O)C(=O)N1CCCC1C(=O)C(C)(C)C. The highest BCUT2D eigenvalue weighted by Crippen LogP contribution is 2.27. The third-order valence-corrected chi connectivity index (χ3v) is 4.22. The number of likely N-dealkylation sites (tertiary alicyclic amines) is 1. The maximum absolute atomic E-state index is 12.6. The molecule has 1 saturated heterocycles. The predicted octanol–water partition coefficient (Wildman–Crippen LogP) is 0.117. The van der Waals surface area contributed by atoms with E-state index in [1.165, 1.54) is 11.8 Å². The Labute approximate surface area is 148 Å². The minimum absolute atomic E-state index is 0.00460. The summed E-state index contributed by atoms with van der Waals surface area (Å²) in [4.78, 5) is 49.3. The Kier molecular flexibility index (Phi) is 7.10. The van der Waals surface area contributed by atoms with Gasteiger partial charge in [0, 0.05) is 18.4 Å². The summed E-state index contributed by atoms with van der Waals surface area (Å²) in [6.07, 6.45) is 0.328. The number of hydrogen-bond donors (Lipinski definition) is 2. The zero-order valence-electron chi connectivity index (χ0n) is 15.4. The van der Waals surface area contributed by atoms with Gasteiger partial charge in [-0.15, -0.1) is 0 Å². The number of nitrogens with two attached hydrogens (primary N) is 2. The normalized spacial score (nSPS) is 20.0. The molecule has 8 nitrogen and oxygen atoms in total. The highest BCUT2D eigenvalue weighted by molar-refractivity contribution is 5.94. The maximum Gasteiger partial charge on any atom is 0.323 e. The van der Waals surface area contributed by atoms with Crippen LogP contribution in [0.15, 0.2) is 0 Å². The average molecular weight is 355 g/mol. The van der Waals surface area contributed by atoms with Crippen molar-refractivity contribution >= 4 is 23.6 Å². The van der Waals surface area contributed by atoms with Gasteiger partial charge in [-0.2, -0.15) is 0 Å². The van der Waals surface area contributed by atoms with Gasteiger partial charge in [0.25, 0.3) is 5.91 Å². The molecule has 3 unspecified atom stereocenters. The van der Waals surface area contributed by atoms with Gasteiger partial charge in [-0.3, -0.25) is 19.2 Å². The Balaban J connectivity index is 2.67. The summed E-state index contributed by atoms with van der Waals surface area (Å²) in [6, 6.07) is -1.51. The number of rotatable bonds is 7. The first-order valence-electron chi connectivity index (χ1n) is 8.54. The van der Waals surface area contributed by atoms with E-state index >= 15 is 0 Å².